The average Bonchev–Trinajstić information content (AvgIpc) is 2.93. The zero-order valence-electron chi connectivity index (χ0n) is 20.3. The Morgan fingerprint density at radius 1 is 0.917 bits per heavy atom. The molecule has 2 heterocycles. The molecular formula is C28H28ClN5O2. The van der Waals surface area contributed by atoms with E-state index in [1.807, 2.05) is 79.7 Å². The second-order valence-corrected chi connectivity index (χ2v) is 9.25. The fourth-order valence-corrected chi connectivity index (χ4v) is 4.82. The van der Waals surface area contributed by atoms with E-state index in [0.29, 0.717) is 10.7 Å². The Morgan fingerprint density at radius 2 is 1.58 bits per heavy atom. The first-order valence-electron chi connectivity index (χ1n) is 12.0. The summed E-state index contributed by atoms with van der Waals surface area (Å²) in [6, 6.07) is 23.2. The van der Waals surface area contributed by atoms with Gasteiger partial charge in [-0.1, -0.05) is 66.2 Å². The predicted molar refractivity (Wildman–Crippen MR) is 144 cm³/mol. The number of halogens is 1. The Hall–Kier alpha value is -3.84. The Morgan fingerprint density at radius 3 is 2.31 bits per heavy atom. The quantitative estimate of drug-likeness (QED) is 0.396. The highest BCUT2D eigenvalue weighted by molar-refractivity contribution is 6.31. The van der Waals surface area contributed by atoms with Crippen LogP contribution in [-0.2, 0) is 0 Å². The molecular weight excluding hydrogens is 474 g/mol. The highest BCUT2D eigenvalue weighted by Crippen LogP contribution is 2.33. The van der Waals surface area contributed by atoms with Crippen LogP contribution >= 0.6 is 11.6 Å². The summed E-state index contributed by atoms with van der Waals surface area (Å²) in [4.78, 5) is 17.6. The second-order valence-electron chi connectivity index (χ2n) is 8.81. The number of anilines is 2. The summed E-state index contributed by atoms with van der Waals surface area (Å²) in [6.07, 6.45) is 0. The van der Waals surface area contributed by atoms with Crippen LogP contribution in [0.1, 0.15) is 29.0 Å². The van der Waals surface area contributed by atoms with Crippen molar-refractivity contribution < 1.29 is 9.53 Å². The summed E-state index contributed by atoms with van der Waals surface area (Å²) < 4.78 is 5.54. The molecule has 7 nitrogen and oxygen atoms in total. The maximum atomic E-state index is 13.2. The molecule has 1 fully saturated rings. The molecule has 4 aromatic rings. The summed E-state index contributed by atoms with van der Waals surface area (Å²) in [5.41, 5.74) is 2.36. The van der Waals surface area contributed by atoms with E-state index in [9.17, 15) is 4.79 Å². The SMILES string of the molecule is COc1ccc(Cl)cc1N1CCN(c2nnc(C(=O)N[C@@H](C)c3ccccc3)c3ccccc23)CC1. The number of hydrogen-bond acceptors (Lipinski definition) is 6. The van der Waals surface area contributed by atoms with Gasteiger partial charge in [0.1, 0.15) is 5.75 Å². The molecule has 184 valence electrons. The van der Waals surface area contributed by atoms with Crippen molar-refractivity contribution >= 4 is 39.8 Å². The van der Waals surface area contributed by atoms with Crippen LogP contribution in [-0.4, -0.2) is 49.4 Å². The first-order chi connectivity index (χ1) is 17.5. The lowest BCUT2D eigenvalue weighted by molar-refractivity contribution is 0.0935. The molecule has 5 rings (SSSR count). The van der Waals surface area contributed by atoms with Crippen LogP contribution in [0.5, 0.6) is 5.75 Å². The fourth-order valence-electron chi connectivity index (χ4n) is 4.65. The number of piperazine rings is 1. The number of carbonyl (C=O) groups is 1. The Labute approximate surface area is 215 Å². The third kappa shape index (κ3) is 4.79. The van der Waals surface area contributed by atoms with E-state index >= 15 is 0 Å². The molecule has 8 heteroatoms. The second kappa shape index (κ2) is 10.4. The van der Waals surface area contributed by atoms with Gasteiger partial charge in [-0.05, 0) is 30.7 Å². The standard InChI is InChI=1S/C28H28ClN5O2/c1-19(20-8-4-3-5-9-20)30-28(35)26-22-10-6-7-11-23(22)27(32-31-26)34-16-14-33(15-17-34)24-18-21(29)12-13-25(24)36-2/h3-13,18-19H,14-17H2,1-2H3,(H,30,35)/t19-/m0/s1. The maximum absolute atomic E-state index is 13.2. The molecule has 1 atom stereocenters. The molecule has 1 aliphatic rings. The van der Waals surface area contributed by atoms with E-state index in [2.05, 4.69) is 25.3 Å². The zero-order chi connectivity index (χ0) is 25.1. The van der Waals surface area contributed by atoms with Crippen LogP contribution in [0.3, 0.4) is 0 Å². The van der Waals surface area contributed by atoms with Gasteiger partial charge in [0, 0.05) is 42.0 Å². The number of nitrogens with one attached hydrogen (secondary N) is 1. The van der Waals surface area contributed by atoms with E-state index in [1.54, 1.807) is 7.11 Å². The van der Waals surface area contributed by atoms with Crippen molar-refractivity contribution in [1.82, 2.24) is 15.5 Å². The number of carbonyl (C=O) groups excluding carboxylic acids is 1. The normalized spacial score (nSPS) is 14.5. The van der Waals surface area contributed by atoms with Gasteiger partial charge in [-0.25, -0.2) is 0 Å². The topological polar surface area (TPSA) is 70.6 Å². The first-order valence-corrected chi connectivity index (χ1v) is 12.4. The van der Waals surface area contributed by atoms with Gasteiger partial charge < -0.3 is 19.9 Å². The number of fused-ring (bicyclic) bond motifs is 1. The predicted octanol–water partition coefficient (Wildman–Crippen LogP) is 5.11. The molecule has 0 spiro atoms. The molecule has 36 heavy (non-hydrogen) atoms. The maximum Gasteiger partial charge on any atom is 0.272 e. The fraction of sp³-hybridized carbons (Fsp3) is 0.250. The van der Waals surface area contributed by atoms with Crippen LogP contribution in [0.15, 0.2) is 72.8 Å². The van der Waals surface area contributed by atoms with E-state index in [4.69, 9.17) is 16.3 Å². The van der Waals surface area contributed by atoms with Gasteiger partial charge in [0.25, 0.3) is 5.91 Å². The highest BCUT2D eigenvalue weighted by atomic mass is 35.5. The lowest BCUT2D eigenvalue weighted by Crippen LogP contribution is -2.47. The molecule has 0 bridgehead atoms. The number of nitrogens with zero attached hydrogens (tertiary/aromatic N) is 4. The third-order valence-electron chi connectivity index (χ3n) is 6.59. The van der Waals surface area contributed by atoms with Crippen molar-refractivity contribution in [3.8, 4) is 5.75 Å². The van der Waals surface area contributed by atoms with Crippen molar-refractivity contribution in [2.24, 2.45) is 0 Å². The zero-order valence-corrected chi connectivity index (χ0v) is 21.1. The lowest BCUT2D eigenvalue weighted by atomic mass is 10.1. The van der Waals surface area contributed by atoms with Crippen LogP contribution in [0.25, 0.3) is 10.8 Å². The molecule has 0 unspecified atom stereocenters. The molecule has 1 aliphatic heterocycles. The van der Waals surface area contributed by atoms with E-state index in [0.717, 1.165) is 59.8 Å². The number of methoxy groups -OCH3 is 1. The molecule has 1 amide bonds. The number of benzene rings is 3. The van der Waals surface area contributed by atoms with Crippen molar-refractivity contribution in [3.05, 3.63) is 89.1 Å². The summed E-state index contributed by atoms with van der Waals surface area (Å²) in [7, 11) is 1.67. The van der Waals surface area contributed by atoms with Gasteiger partial charge in [0.05, 0.1) is 18.8 Å². The van der Waals surface area contributed by atoms with Gasteiger partial charge >= 0.3 is 0 Å². The van der Waals surface area contributed by atoms with E-state index in [-0.39, 0.29) is 11.9 Å². The highest BCUT2D eigenvalue weighted by Gasteiger charge is 2.24. The van der Waals surface area contributed by atoms with Gasteiger partial charge in [-0.3, -0.25) is 4.79 Å². The van der Waals surface area contributed by atoms with Gasteiger partial charge in [0.15, 0.2) is 11.5 Å². The number of amides is 1. The number of ether oxygens (including phenoxy) is 1. The number of hydrogen-bond donors (Lipinski definition) is 1. The number of aromatic nitrogens is 2. The number of rotatable bonds is 6. The van der Waals surface area contributed by atoms with Crippen LogP contribution < -0.4 is 19.9 Å². The minimum absolute atomic E-state index is 0.143. The molecule has 1 saturated heterocycles. The summed E-state index contributed by atoms with van der Waals surface area (Å²) >= 11 is 6.25. The van der Waals surface area contributed by atoms with Crippen molar-refractivity contribution in [1.29, 1.82) is 0 Å². The lowest BCUT2D eigenvalue weighted by Gasteiger charge is -2.37. The molecule has 0 aliphatic carbocycles. The molecule has 1 aromatic heterocycles. The van der Waals surface area contributed by atoms with Crippen LogP contribution in [0, 0.1) is 0 Å². The average molecular weight is 502 g/mol. The largest absolute Gasteiger partial charge is 0.495 e. The Balaban J connectivity index is 1.36. The van der Waals surface area contributed by atoms with Crippen molar-refractivity contribution in [2.45, 2.75) is 13.0 Å². The summed E-state index contributed by atoms with van der Waals surface area (Å²) in [6.45, 7) is 5.04. The summed E-state index contributed by atoms with van der Waals surface area (Å²) in [5.74, 6) is 1.36. The smallest absolute Gasteiger partial charge is 0.272 e. The first kappa shape index (κ1) is 23.9. The molecule has 3 aromatic carbocycles. The monoisotopic (exact) mass is 501 g/mol. The van der Waals surface area contributed by atoms with Crippen LogP contribution in [0.2, 0.25) is 5.02 Å². The summed E-state index contributed by atoms with van der Waals surface area (Å²) in [5, 5.41) is 14.4. The van der Waals surface area contributed by atoms with Gasteiger partial charge in [-0.15, -0.1) is 10.2 Å². The Bertz CT molecular complexity index is 1370. The van der Waals surface area contributed by atoms with Crippen molar-refractivity contribution in [3.63, 3.8) is 0 Å². The third-order valence-corrected chi connectivity index (χ3v) is 6.83. The van der Waals surface area contributed by atoms with E-state index in [1.165, 1.54) is 0 Å². The van der Waals surface area contributed by atoms with Crippen LogP contribution in [0.4, 0.5) is 11.5 Å². The minimum Gasteiger partial charge on any atom is -0.495 e. The van der Waals surface area contributed by atoms with E-state index < -0.39 is 0 Å². The molecule has 1 N–H and O–H groups in total. The minimum atomic E-state index is -0.237. The van der Waals surface area contributed by atoms with Gasteiger partial charge in [0.2, 0.25) is 0 Å². The molecule has 0 radical (unpaired) electrons. The molecule has 0 saturated carbocycles. The van der Waals surface area contributed by atoms with Crippen molar-refractivity contribution in [2.75, 3.05) is 43.1 Å². The Kier molecular flexibility index (Phi) is 6.91. The van der Waals surface area contributed by atoms with Gasteiger partial charge in [-0.2, -0.15) is 0 Å².